The molecule has 1 N–H and O–H groups in total. The van der Waals surface area contributed by atoms with Crippen LogP contribution in [0, 0.1) is 24.2 Å². The van der Waals surface area contributed by atoms with Gasteiger partial charge in [0.1, 0.15) is 5.54 Å². The molecule has 1 atom stereocenters. The number of hydrogen-bond acceptors (Lipinski definition) is 2. The maximum atomic E-state index is 9.28. The Morgan fingerprint density at radius 2 is 2.25 bits per heavy atom. The summed E-state index contributed by atoms with van der Waals surface area (Å²) < 4.78 is 0. The fourth-order valence-corrected chi connectivity index (χ4v) is 2.07. The van der Waals surface area contributed by atoms with Crippen molar-refractivity contribution in [2.24, 2.45) is 5.92 Å². The SMILES string of the molecule is Cc1cccc(NC(C)(C#N)CC2CC2)c1. The van der Waals surface area contributed by atoms with E-state index in [1.807, 2.05) is 19.1 Å². The number of nitrogens with one attached hydrogen (secondary N) is 1. The predicted molar refractivity (Wildman–Crippen MR) is 66.2 cm³/mol. The van der Waals surface area contributed by atoms with Crippen molar-refractivity contribution in [2.75, 3.05) is 5.32 Å². The summed E-state index contributed by atoms with van der Waals surface area (Å²) in [6, 6.07) is 10.6. The minimum Gasteiger partial charge on any atom is -0.368 e. The highest BCUT2D eigenvalue weighted by Crippen LogP contribution is 2.37. The van der Waals surface area contributed by atoms with Crippen molar-refractivity contribution in [1.29, 1.82) is 5.26 Å². The Kier molecular flexibility index (Phi) is 2.87. The predicted octanol–water partition coefficient (Wildman–Crippen LogP) is 3.49. The maximum absolute atomic E-state index is 9.28. The number of anilines is 1. The average Bonchev–Trinajstić information content (AvgIpc) is 3.01. The second-order valence-electron chi connectivity index (χ2n) is 5.09. The molecule has 1 saturated carbocycles. The Bertz CT molecular complexity index is 415. The van der Waals surface area contributed by atoms with Gasteiger partial charge in [-0.15, -0.1) is 0 Å². The van der Waals surface area contributed by atoms with Gasteiger partial charge in [-0.3, -0.25) is 0 Å². The van der Waals surface area contributed by atoms with E-state index >= 15 is 0 Å². The van der Waals surface area contributed by atoms with Crippen LogP contribution >= 0.6 is 0 Å². The van der Waals surface area contributed by atoms with E-state index in [4.69, 9.17) is 0 Å². The summed E-state index contributed by atoms with van der Waals surface area (Å²) in [7, 11) is 0. The summed E-state index contributed by atoms with van der Waals surface area (Å²) >= 11 is 0. The van der Waals surface area contributed by atoms with Gasteiger partial charge in [-0.2, -0.15) is 5.26 Å². The summed E-state index contributed by atoms with van der Waals surface area (Å²) in [5.41, 5.74) is 1.84. The lowest BCUT2D eigenvalue weighted by Gasteiger charge is -2.24. The van der Waals surface area contributed by atoms with Crippen molar-refractivity contribution in [3.05, 3.63) is 29.8 Å². The molecule has 1 aliphatic carbocycles. The number of rotatable bonds is 4. The summed E-state index contributed by atoms with van der Waals surface area (Å²) in [4.78, 5) is 0. The van der Waals surface area contributed by atoms with Crippen LogP contribution in [0.5, 0.6) is 0 Å². The van der Waals surface area contributed by atoms with E-state index in [0.29, 0.717) is 0 Å². The van der Waals surface area contributed by atoms with Gasteiger partial charge in [-0.1, -0.05) is 25.0 Å². The highest BCUT2D eigenvalue weighted by molar-refractivity contribution is 5.49. The first-order chi connectivity index (χ1) is 7.61. The molecule has 0 saturated heterocycles. The van der Waals surface area contributed by atoms with Crippen LogP contribution < -0.4 is 5.32 Å². The van der Waals surface area contributed by atoms with E-state index in [-0.39, 0.29) is 0 Å². The van der Waals surface area contributed by atoms with Gasteiger partial charge in [0.15, 0.2) is 0 Å². The molecule has 0 aromatic heterocycles. The summed E-state index contributed by atoms with van der Waals surface area (Å²) in [6.07, 6.45) is 3.52. The first-order valence-corrected chi connectivity index (χ1v) is 5.87. The van der Waals surface area contributed by atoms with E-state index in [2.05, 4.69) is 30.4 Å². The van der Waals surface area contributed by atoms with Crippen LogP contribution in [-0.4, -0.2) is 5.54 Å². The summed E-state index contributed by atoms with van der Waals surface area (Å²) in [5, 5.41) is 12.6. The minimum atomic E-state index is -0.422. The summed E-state index contributed by atoms with van der Waals surface area (Å²) in [5.74, 6) is 0.752. The third-order valence-electron chi connectivity index (χ3n) is 3.08. The maximum Gasteiger partial charge on any atom is 0.122 e. The molecule has 0 bridgehead atoms. The van der Waals surface area contributed by atoms with Crippen LogP contribution in [0.15, 0.2) is 24.3 Å². The molecule has 2 heteroatoms. The van der Waals surface area contributed by atoms with Gasteiger partial charge in [0.25, 0.3) is 0 Å². The quantitative estimate of drug-likeness (QED) is 0.832. The Balaban J connectivity index is 2.08. The average molecular weight is 214 g/mol. The van der Waals surface area contributed by atoms with Gasteiger partial charge in [0.05, 0.1) is 6.07 Å². The zero-order valence-corrected chi connectivity index (χ0v) is 9.96. The fourth-order valence-electron chi connectivity index (χ4n) is 2.07. The van der Waals surface area contributed by atoms with Crippen molar-refractivity contribution < 1.29 is 0 Å². The van der Waals surface area contributed by atoms with Crippen LogP contribution in [0.2, 0.25) is 0 Å². The largest absolute Gasteiger partial charge is 0.368 e. The van der Waals surface area contributed by atoms with E-state index < -0.39 is 5.54 Å². The molecule has 2 nitrogen and oxygen atoms in total. The van der Waals surface area contributed by atoms with E-state index in [1.54, 1.807) is 0 Å². The molecular weight excluding hydrogens is 196 g/mol. The Hall–Kier alpha value is -1.49. The summed E-state index contributed by atoms with van der Waals surface area (Å²) in [6.45, 7) is 4.06. The molecular formula is C14H18N2. The molecule has 16 heavy (non-hydrogen) atoms. The third-order valence-corrected chi connectivity index (χ3v) is 3.08. The fraction of sp³-hybridized carbons (Fsp3) is 0.500. The molecule has 0 amide bonds. The highest BCUT2D eigenvalue weighted by atomic mass is 15.0. The van der Waals surface area contributed by atoms with Crippen LogP contribution in [-0.2, 0) is 0 Å². The van der Waals surface area contributed by atoms with Crippen molar-refractivity contribution in [1.82, 2.24) is 0 Å². The van der Waals surface area contributed by atoms with Crippen molar-refractivity contribution >= 4 is 5.69 Å². The number of hydrogen-bond donors (Lipinski definition) is 1. The van der Waals surface area contributed by atoms with Gasteiger partial charge < -0.3 is 5.32 Å². The van der Waals surface area contributed by atoms with Crippen molar-refractivity contribution in [3.63, 3.8) is 0 Å². The third kappa shape index (κ3) is 2.76. The van der Waals surface area contributed by atoms with Gasteiger partial charge >= 0.3 is 0 Å². The smallest absolute Gasteiger partial charge is 0.122 e. The lowest BCUT2D eigenvalue weighted by Crippen LogP contribution is -2.33. The molecule has 1 aromatic rings. The van der Waals surface area contributed by atoms with Crippen LogP contribution in [0.3, 0.4) is 0 Å². The molecule has 0 heterocycles. The topological polar surface area (TPSA) is 35.8 Å². The van der Waals surface area contributed by atoms with Gasteiger partial charge in [-0.25, -0.2) is 0 Å². The minimum absolute atomic E-state index is 0.422. The molecule has 1 aromatic carbocycles. The van der Waals surface area contributed by atoms with Gasteiger partial charge in [-0.05, 0) is 43.9 Å². The number of nitriles is 1. The lowest BCUT2D eigenvalue weighted by molar-refractivity contribution is 0.544. The molecule has 1 fully saturated rings. The Morgan fingerprint density at radius 1 is 1.50 bits per heavy atom. The molecule has 84 valence electrons. The highest BCUT2D eigenvalue weighted by Gasteiger charge is 2.33. The second-order valence-corrected chi connectivity index (χ2v) is 5.09. The zero-order valence-electron chi connectivity index (χ0n) is 9.96. The van der Waals surface area contributed by atoms with Crippen LogP contribution in [0.25, 0.3) is 0 Å². The van der Waals surface area contributed by atoms with Crippen LogP contribution in [0.1, 0.15) is 31.7 Å². The second kappa shape index (κ2) is 4.17. The number of aryl methyl sites for hydroxylation is 1. The normalized spacial score (nSPS) is 18.6. The van der Waals surface area contributed by atoms with E-state index in [0.717, 1.165) is 18.0 Å². The molecule has 1 unspecified atom stereocenters. The Morgan fingerprint density at radius 3 is 2.81 bits per heavy atom. The lowest BCUT2D eigenvalue weighted by atomic mass is 9.96. The van der Waals surface area contributed by atoms with Gasteiger partial charge in [0.2, 0.25) is 0 Å². The first-order valence-electron chi connectivity index (χ1n) is 5.87. The molecule has 0 spiro atoms. The number of nitrogens with zero attached hydrogens (tertiary/aromatic N) is 1. The zero-order chi connectivity index (χ0) is 11.6. The van der Waals surface area contributed by atoms with E-state index in [9.17, 15) is 5.26 Å². The van der Waals surface area contributed by atoms with Crippen LogP contribution in [0.4, 0.5) is 5.69 Å². The molecule has 0 radical (unpaired) electrons. The van der Waals surface area contributed by atoms with Crippen molar-refractivity contribution in [3.8, 4) is 6.07 Å². The Labute approximate surface area is 97.3 Å². The van der Waals surface area contributed by atoms with E-state index in [1.165, 1.54) is 18.4 Å². The molecule has 0 aliphatic heterocycles. The van der Waals surface area contributed by atoms with Crippen molar-refractivity contribution in [2.45, 2.75) is 38.6 Å². The number of benzene rings is 1. The molecule has 1 aliphatic rings. The van der Waals surface area contributed by atoms with Gasteiger partial charge in [0, 0.05) is 5.69 Å². The standard InChI is InChI=1S/C14H18N2/c1-11-4-3-5-13(8-11)16-14(2,10-15)9-12-6-7-12/h3-5,8,12,16H,6-7,9H2,1-2H3. The molecule has 2 rings (SSSR count). The first kappa shape index (κ1) is 11.0. The monoisotopic (exact) mass is 214 g/mol.